The molecule has 0 atom stereocenters. The second-order valence-electron chi connectivity index (χ2n) is 9.84. The van der Waals surface area contributed by atoms with Crippen LogP contribution in [0.2, 0.25) is 28.2 Å². The molecular formula is C24H32Cl2FN3O4Si. The molecule has 3 amide bonds. The first-order valence-electron chi connectivity index (χ1n) is 11.2. The summed E-state index contributed by atoms with van der Waals surface area (Å²) in [7, 11) is -1.93. The lowest BCUT2D eigenvalue weighted by molar-refractivity contribution is 0.0966. The predicted octanol–water partition coefficient (Wildman–Crippen LogP) is 7.01. The Labute approximate surface area is 216 Å². The Morgan fingerprint density at radius 3 is 2.40 bits per heavy atom. The monoisotopic (exact) mass is 543 g/mol. The molecule has 0 aliphatic heterocycles. The van der Waals surface area contributed by atoms with Gasteiger partial charge >= 0.3 is 6.03 Å². The maximum absolute atomic E-state index is 13.8. The average molecular weight is 545 g/mol. The van der Waals surface area contributed by atoms with Crippen molar-refractivity contribution < 1.29 is 23.1 Å². The number of nitrogens with zero attached hydrogens (tertiary/aromatic N) is 1. The van der Waals surface area contributed by atoms with Crippen LogP contribution in [-0.2, 0) is 4.43 Å². The second kappa shape index (κ2) is 11.7. The number of rotatable bonds is 8. The van der Waals surface area contributed by atoms with Crippen LogP contribution in [0.15, 0.2) is 24.4 Å². The first kappa shape index (κ1) is 29.0. The first-order valence-corrected chi connectivity index (χ1v) is 14.8. The molecule has 2 aromatic rings. The van der Waals surface area contributed by atoms with Crippen molar-refractivity contribution in [3.63, 3.8) is 0 Å². The number of hydrogen-bond acceptors (Lipinski definition) is 5. The highest BCUT2D eigenvalue weighted by Crippen LogP contribution is 2.36. The Balaban J connectivity index is 2.15. The number of ether oxygens (including phenoxy) is 1. The summed E-state index contributed by atoms with van der Waals surface area (Å²) >= 11 is 11.6. The van der Waals surface area contributed by atoms with Gasteiger partial charge in [-0.3, -0.25) is 15.1 Å². The Kier molecular flexibility index (Phi) is 9.69. The average Bonchev–Trinajstić information content (AvgIpc) is 2.73. The van der Waals surface area contributed by atoms with Crippen molar-refractivity contribution in [1.29, 1.82) is 0 Å². The summed E-state index contributed by atoms with van der Waals surface area (Å²) in [5.41, 5.74) is 0.678. The minimum atomic E-state index is -1.93. The summed E-state index contributed by atoms with van der Waals surface area (Å²) in [6, 6.07) is 2.74. The zero-order valence-corrected chi connectivity index (χ0v) is 23.5. The summed E-state index contributed by atoms with van der Waals surface area (Å²) in [5.74, 6) is -1.37. The van der Waals surface area contributed by atoms with Crippen LogP contribution >= 0.6 is 23.2 Å². The molecule has 0 saturated carbocycles. The van der Waals surface area contributed by atoms with E-state index in [0.717, 1.165) is 12.1 Å². The zero-order valence-electron chi connectivity index (χ0n) is 21.0. The van der Waals surface area contributed by atoms with Gasteiger partial charge in [0.25, 0.3) is 5.91 Å². The summed E-state index contributed by atoms with van der Waals surface area (Å²) in [4.78, 5) is 29.5. The Bertz CT molecular complexity index is 1090. The molecule has 1 aromatic carbocycles. The second-order valence-corrected chi connectivity index (χ2v) is 15.5. The van der Waals surface area contributed by atoms with Crippen molar-refractivity contribution in [1.82, 2.24) is 10.3 Å². The van der Waals surface area contributed by atoms with Crippen LogP contribution < -0.4 is 15.4 Å². The SMILES string of the molecule is CC(C)c1nccc(OCCO[Si](C)(C)C(C)(C)C)c1NC(=O)NC(=O)c1cc(F)c(Cl)cc1Cl. The minimum Gasteiger partial charge on any atom is -0.489 e. The molecule has 0 unspecified atom stereocenters. The van der Waals surface area contributed by atoms with Gasteiger partial charge in [-0.2, -0.15) is 0 Å². The lowest BCUT2D eigenvalue weighted by Crippen LogP contribution is -2.41. The molecule has 0 aliphatic carbocycles. The van der Waals surface area contributed by atoms with E-state index in [9.17, 15) is 14.0 Å². The molecule has 2 N–H and O–H groups in total. The van der Waals surface area contributed by atoms with Crippen molar-refractivity contribution in [2.45, 2.75) is 58.7 Å². The van der Waals surface area contributed by atoms with E-state index in [1.807, 2.05) is 13.8 Å². The van der Waals surface area contributed by atoms with Crippen molar-refractivity contribution >= 4 is 49.1 Å². The lowest BCUT2D eigenvalue weighted by Gasteiger charge is -2.36. The maximum atomic E-state index is 13.8. The third kappa shape index (κ3) is 7.64. The molecule has 0 fully saturated rings. The van der Waals surface area contributed by atoms with Gasteiger partial charge in [0.15, 0.2) is 8.32 Å². The number of carbonyl (C=O) groups is 2. The van der Waals surface area contributed by atoms with Crippen molar-refractivity contribution in [3.05, 3.63) is 51.5 Å². The molecular weight excluding hydrogens is 512 g/mol. The minimum absolute atomic E-state index is 0.0483. The molecule has 0 radical (unpaired) electrons. The van der Waals surface area contributed by atoms with E-state index in [0.29, 0.717) is 23.7 Å². The third-order valence-corrected chi connectivity index (χ3v) is 11.0. The number of anilines is 1. The van der Waals surface area contributed by atoms with Crippen LogP contribution in [0.5, 0.6) is 5.75 Å². The highest BCUT2D eigenvalue weighted by atomic mass is 35.5. The van der Waals surface area contributed by atoms with E-state index in [-0.39, 0.29) is 33.2 Å². The highest BCUT2D eigenvalue weighted by Gasteiger charge is 2.37. The highest BCUT2D eigenvalue weighted by molar-refractivity contribution is 6.74. The molecule has 2 rings (SSSR count). The fourth-order valence-electron chi connectivity index (χ4n) is 2.82. The molecule has 1 aromatic heterocycles. The van der Waals surface area contributed by atoms with E-state index in [1.54, 1.807) is 12.3 Å². The predicted molar refractivity (Wildman–Crippen MR) is 140 cm³/mol. The fourth-order valence-corrected chi connectivity index (χ4v) is 4.32. The quantitative estimate of drug-likeness (QED) is 0.212. The first-order chi connectivity index (χ1) is 16.1. The number of benzene rings is 1. The van der Waals surface area contributed by atoms with E-state index in [2.05, 4.69) is 49.5 Å². The van der Waals surface area contributed by atoms with Crippen molar-refractivity contribution in [2.75, 3.05) is 18.5 Å². The number of nitrogens with one attached hydrogen (secondary N) is 2. The van der Waals surface area contributed by atoms with E-state index in [1.165, 1.54) is 0 Å². The van der Waals surface area contributed by atoms with Gasteiger partial charge in [-0.25, -0.2) is 9.18 Å². The van der Waals surface area contributed by atoms with Gasteiger partial charge in [-0.15, -0.1) is 0 Å². The van der Waals surface area contributed by atoms with Crippen LogP contribution in [0.4, 0.5) is 14.9 Å². The largest absolute Gasteiger partial charge is 0.489 e. The summed E-state index contributed by atoms with van der Waals surface area (Å²) in [6.45, 7) is 15.3. The van der Waals surface area contributed by atoms with Gasteiger partial charge in [-0.1, -0.05) is 57.8 Å². The Hall–Kier alpha value is -2.20. The molecule has 35 heavy (non-hydrogen) atoms. The third-order valence-electron chi connectivity index (χ3n) is 5.82. The number of carbonyl (C=O) groups excluding carboxylic acids is 2. The molecule has 0 saturated heterocycles. The number of urea groups is 1. The lowest BCUT2D eigenvalue weighted by atomic mass is 10.1. The Morgan fingerprint density at radius 1 is 1.14 bits per heavy atom. The van der Waals surface area contributed by atoms with E-state index in [4.69, 9.17) is 32.4 Å². The van der Waals surface area contributed by atoms with E-state index >= 15 is 0 Å². The number of imide groups is 1. The normalized spacial score (nSPS) is 12.0. The van der Waals surface area contributed by atoms with Gasteiger partial charge in [0.05, 0.1) is 27.9 Å². The van der Waals surface area contributed by atoms with Gasteiger partial charge < -0.3 is 14.5 Å². The van der Waals surface area contributed by atoms with Crippen LogP contribution in [0.25, 0.3) is 0 Å². The molecule has 0 spiro atoms. The van der Waals surface area contributed by atoms with Gasteiger partial charge in [0, 0.05) is 12.3 Å². The van der Waals surface area contributed by atoms with E-state index < -0.39 is 26.1 Å². The topological polar surface area (TPSA) is 89.6 Å². The zero-order chi connectivity index (χ0) is 26.6. The molecule has 0 aliphatic rings. The molecule has 7 nitrogen and oxygen atoms in total. The van der Waals surface area contributed by atoms with Crippen LogP contribution in [0, 0.1) is 5.82 Å². The summed E-state index contributed by atoms with van der Waals surface area (Å²) in [5, 5.41) is 4.53. The standard InChI is InChI=1S/C24H32Cl2FN3O4Si/c1-14(2)20-21(19(8-9-28-20)33-10-11-34-35(6,7)24(3,4)5)29-23(32)30-22(31)15-12-18(27)17(26)13-16(15)25/h8-9,12-14H,10-11H2,1-7H3,(H2,29,30,31,32). The molecule has 11 heteroatoms. The summed E-state index contributed by atoms with van der Waals surface area (Å²) < 4.78 is 25.8. The van der Waals surface area contributed by atoms with Crippen LogP contribution in [-0.4, -0.2) is 38.5 Å². The van der Waals surface area contributed by atoms with Crippen molar-refractivity contribution in [2.24, 2.45) is 0 Å². The van der Waals surface area contributed by atoms with Crippen LogP contribution in [0.1, 0.15) is 56.6 Å². The van der Waals surface area contributed by atoms with Crippen LogP contribution in [0.3, 0.4) is 0 Å². The maximum Gasteiger partial charge on any atom is 0.326 e. The molecule has 0 bridgehead atoms. The summed E-state index contributed by atoms with van der Waals surface area (Å²) in [6.07, 6.45) is 1.59. The van der Waals surface area contributed by atoms with Gasteiger partial charge in [0.2, 0.25) is 0 Å². The van der Waals surface area contributed by atoms with Gasteiger partial charge in [-0.05, 0) is 36.2 Å². The van der Waals surface area contributed by atoms with Gasteiger partial charge in [0.1, 0.15) is 23.9 Å². The number of halogens is 3. The molecule has 192 valence electrons. The van der Waals surface area contributed by atoms with Crippen molar-refractivity contribution in [3.8, 4) is 5.75 Å². The fraction of sp³-hybridized carbons (Fsp3) is 0.458. The molecule has 1 heterocycles. The number of amides is 3. The number of hydrogen-bond donors (Lipinski definition) is 2. The Morgan fingerprint density at radius 2 is 1.80 bits per heavy atom. The number of aromatic nitrogens is 1. The smallest absolute Gasteiger partial charge is 0.326 e. The number of pyridine rings is 1.